The molecule has 0 radical (unpaired) electrons. The highest BCUT2D eigenvalue weighted by Gasteiger charge is 2.07. The number of carbonyl (C=O) groups is 1. The zero-order valence-electron chi connectivity index (χ0n) is 15.7. The fraction of sp³-hybridized carbons (Fsp3) is 0.0435. The van der Waals surface area contributed by atoms with Crippen molar-refractivity contribution in [2.75, 3.05) is 0 Å². The van der Waals surface area contributed by atoms with E-state index in [1.807, 2.05) is 60.7 Å². The zero-order valence-corrected chi connectivity index (χ0v) is 17.3. The van der Waals surface area contributed by atoms with E-state index < -0.39 is 0 Å². The fourth-order valence-corrected chi connectivity index (χ4v) is 4.45. The molecule has 1 amide bonds. The molecule has 3 rings (SSSR count). The lowest BCUT2D eigenvalue weighted by molar-refractivity contribution is -0.116. The minimum atomic E-state index is -0.326. The number of halogens is 1. The highest BCUT2D eigenvalue weighted by molar-refractivity contribution is 8.22. The quantitative estimate of drug-likeness (QED) is 0.217. The van der Waals surface area contributed by atoms with Crippen LogP contribution in [0.2, 0.25) is 0 Å². The third-order valence-electron chi connectivity index (χ3n) is 3.77. The molecule has 6 heteroatoms. The summed E-state index contributed by atoms with van der Waals surface area (Å²) in [7, 11) is 0. The Morgan fingerprint density at radius 3 is 1.90 bits per heavy atom. The fourth-order valence-electron chi connectivity index (χ4n) is 2.32. The maximum absolute atomic E-state index is 13.0. The van der Waals surface area contributed by atoms with Crippen LogP contribution in [0, 0.1) is 5.82 Å². The number of nitrogens with zero attached hydrogens (tertiary/aromatic N) is 1. The SMILES string of the molecule is C/C(=N\NC(=O)C=C(Sc1ccccc1)Sc1ccccc1)c1ccc(F)cc1. The number of hydrogen-bond donors (Lipinski definition) is 1. The van der Waals surface area contributed by atoms with Crippen molar-refractivity contribution in [3.05, 3.63) is 107 Å². The molecule has 0 fully saturated rings. The first kappa shape index (κ1) is 20.9. The topological polar surface area (TPSA) is 41.5 Å². The van der Waals surface area contributed by atoms with Crippen molar-refractivity contribution in [2.45, 2.75) is 16.7 Å². The van der Waals surface area contributed by atoms with Gasteiger partial charge in [0.1, 0.15) is 5.82 Å². The van der Waals surface area contributed by atoms with Gasteiger partial charge in [-0.25, -0.2) is 9.82 Å². The van der Waals surface area contributed by atoms with E-state index in [-0.39, 0.29) is 11.7 Å². The van der Waals surface area contributed by atoms with Gasteiger partial charge in [-0.05, 0) is 48.9 Å². The van der Waals surface area contributed by atoms with Gasteiger partial charge in [0.05, 0.1) is 9.95 Å². The van der Waals surface area contributed by atoms with Gasteiger partial charge in [0.15, 0.2) is 0 Å². The van der Waals surface area contributed by atoms with Crippen molar-refractivity contribution in [3.63, 3.8) is 0 Å². The van der Waals surface area contributed by atoms with E-state index in [1.165, 1.54) is 41.7 Å². The number of amides is 1. The van der Waals surface area contributed by atoms with Crippen LogP contribution in [-0.4, -0.2) is 11.6 Å². The second-order valence-electron chi connectivity index (χ2n) is 5.97. The molecule has 0 spiro atoms. The molecule has 29 heavy (non-hydrogen) atoms. The average molecular weight is 423 g/mol. The Labute approximate surface area is 178 Å². The van der Waals surface area contributed by atoms with E-state index in [9.17, 15) is 9.18 Å². The molecule has 0 bridgehead atoms. The molecule has 3 aromatic rings. The number of hydrazone groups is 1. The van der Waals surface area contributed by atoms with Crippen molar-refractivity contribution < 1.29 is 9.18 Å². The Bertz CT molecular complexity index is 961. The van der Waals surface area contributed by atoms with E-state index in [4.69, 9.17) is 0 Å². The van der Waals surface area contributed by atoms with E-state index >= 15 is 0 Å². The molecule has 0 unspecified atom stereocenters. The first-order valence-corrected chi connectivity index (χ1v) is 10.5. The summed E-state index contributed by atoms with van der Waals surface area (Å²) in [5.74, 6) is -0.637. The minimum Gasteiger partial charge on any atom is -0.268 e. The van der Waals surface area contributed by atoms with Crippen molar-refractivity contribution >= 4 is 35.1 Å². The van der Waals surface area contributed by atoms with Crippen LogP contribution in [0.3, 0.4) is 0 Å². The van der Waals surface area contributed by atoms with Gasteiger partial charge >= 0.3 is 0 Å². The summed E-state index contributed by atoms with van der Waals surface area (Å²) in [6, 6.07) is 25.7. The summed E-state index contributed by atoms with van der Waals surface area (Å²) < 4.78 is 13.9. The number of carbonyl (C=O) groups excluding carboxylic acids is 1. The summed E-state index contributed by atoms with van der Waals surface area (Å²) in [4.78, 5) is 14.5. The highest BCUT2D eigenvalue weighted by Crippen LogP contribution is 2.38. The second kappa shape index (κ2) is 10.6. The van der Waals surface area contributed by atoms with Crippen LogP contribution in [0.1, 0.15) is 12.5 Å². The summed E-state index contributed by atoms with van der Waals surface area (Å²) in [5.41, 5.74) is 3.89. The number of thioether (sulfide) groups is 2. The number of benzene rings is 3. The van der Waals surface area contributed by atoms with E-state index in [1.54, 1.807) is 19.1 Å². The third-order valence-corrected chi connectivity index (χ3v) is 5.92. The highest BCUT2D eigenvalue weighted by atomic mass is 32.2. The monoisotopic (exact) mass is 422 g/mol. The lowest BCUT2D eigenvalue weighted by Crippen LogP contribution is -2.16. The van der Waals surface area contributed by atoms with Crippen LogP contribution in [0.25, 0.3) is 0 Å². The first-order valence-electron chi connectivity index (χ1n) is 8.88. The Balaban J connectivity index is 1.73. The van der Waals surface area contributed by atoms with Gasteiger partial charge in [-0.1, -0.05) is 72.1 Å². The average Bonchev–Trinajstić information content (AvgIpc) is 2.74. The van der Waals surface area contributed by atoms with Gasteiger partial charge in [-0.3, -0.25) is 4.79 Å². The van der Waals surface area contributed by atoms with Gasteiger partial charge in [0.2, 0.25) is 0 Å². The van der Waals surface area contributed by atoms with Crippen LogP contribution in [0.4, 0.5) is 4.39 Å². The van der Waals surface area contributed by atoms with E-state index in [0.29, 0.717) is 5.71 Å². The maximum atomic E-state index is 13.0. The summed E-state index contributed by atoms with van der Waals surface area (Å²) >= 11 is 3.03. The molecule has 0 heterocycles. The van der Waals surface area contributed by atoms with Crippen molar-refractivity contribution in [3.8, 4) is 0 Å². The van der Waals surface area contributed by atoms with Crippen molar-refractivity contribution in [1.82, 2.24) is 5.43 Å². The Hall–Kier alpha value is -2.83. The van der Waals surface area contributed by atoms with E-state index in [0.717, 1.165) is 19.6 Å². The predicted molar refractivity (Wildman–Crippen MR) is 119 cm³/mol. The zero-order chi connectivity index (χ0) is 20.5. The molecule has 3 nitrogen and oxygen atoms in total. The lowest BCUT2D eigenvalue weighted by atomic mass is 10.1. The van der Waals surface area contributed by atoms with Crippen molar-refractivity contribution in [2.24, 2.45) is 5.10 Å². The molecule has 0 aliphatic rings. The Morgan fingerprint density at radius 2 is 1.38 bits per heavy atom. The van der Waals surface area contributed by atoms with Gasteiger partial charge in [-0.15, -0.1) is 0 Å². The Kier molecular flexibility index (Phi) is 7.67. The second-order valence-corrected chi connectivity index (χ2v) is 8.46. The molecule has 1 N–H and O–H groups in total. The smallest absolute Gasteiger partial charge is 0.265 e. The van der Waals surface area contributed by atoms with Gasteiger partial charge in [-0.2, -0.15) is 5.10 Å². The largest absolute Gasteiger partial charge is 0.268 e. The molecule has 0 saturated heterocycles. The molecule has 146 valence electrons. The number of hydrogen-bond acceptors (Lipinski definition) is 4. The first-order chi connectivity index (χ1) is 14.1. The summed E-state index contributed by atoms with van der Waals surface area (Å²) in [6.45, 7) is 1.76. The minimum absolute atomic E-state index is 0.311. The molecule has 0 atom stereocenters. The van der Waals surface area contributed by atoms with Crippen LogP contribution >= 0.6 is 23.5 Å². The van der Waals surface area contributed by atoms with Crippen LogP contribution in [0.5, 0.6) is 0 Å². The van der Waals surface area contributed by atoms with Gasteiger partial charge in [0.25, 0.3) is 5.91 Å². The van der Waals surface area contributed by atoms with Crippen LogP contribution < -0.4 is 5.43 Å². The lowest BCUT2D eigenvalue weighted by Gasteiger charge is -2.07. The third kappa shape index (κ3) is 6.93. The molecular formula is C23H19FN2OS2. The maximum Gasteiger partial charge on any atom is 0.265 e. The normalized spacial score (nSPS) is 11.0. The van der Waals surface area contributed by atoms with Crippen LogP contribution in [-0.2, 0) is 4.79 Å². The molecule has 0 saturated carbocycles. The summed E-state index contributed by atoms with van der Waals surface area (Å²) in [5, 5.41) is 4.12. The van der Waals surface area contributed by atoms with E-state index in [2.05, 4.69) is 10.5 Å². The molecule has 0 aliphatic heterocycles. The number of nitrogens with one attached hydrogen (secondary N) is 1. The molecular weight excluding hydrogens is 403 g/mol. The molecule has 0 aromatic heterocycles. The van der Waals surface area contributed by atoms with Gasteiger partial charge in [0, 0.05) is 15.9 Å². The molecule has 3 aromatic carbocycles. The molecule has 0 aliphatic carbocycles. The van der Waals surface area contributed by atoms with Gasteiger partial charge < -0.3 is 0 Å². The summed E-state index contributed by atoms with van der Waals surface area (Å²) in [6.07, 6.45) is 1.54. The Morgan fingerprint density at radius 1 is 0.862 bits per heavy atom. The standard InChI is InChI=1S/C23H19FN2OS2/c1-17(18-12-14-19(24)15-13-18)25-26-22(27)16-23(28-20-8-4-2-5-9-20)29-21-10-6-3-7-11-21/h2-16H,1H3,(H,26,27)/b25-17+. The van der Waals surface area contributed by atoms with Crippen LogP contribution in [0.15, 0.2) is 110 Å². The predicted octanol–water partition coefficient (Wildman–Crippen LogP) is 6.09. The van der Waals surface area contributed by atoms with Crippen molar-refractivity contribution in [1.29, 1.82) is 0 Å². The number of rotatable bonds is 7.